The number of fused-ring (bicyclic) bond motifs is 2. The zero-order chi connectivity index (χ0) is 38.7. The first-order chi connectivity index (χ1) is 25.4. The summed E-state index contributed by atoms with van der Waals surface area (Å²) in [5.74, 6) is 0.618. The molecule has 0 aliphatic rings. The zero-order valence-electron chi connectivity index (χ0n) is 33.1. The number of aromatic nitrogens is 3. The maximum Gasteiger partial charge on any atom is 0.355 e. The van der Waals surface area contributed by atoms with Gasteiger partial charge in [-0.05, 0) is 104 Å². The fourth-order valence-electron chi connectivity index (χ4n) is 6.76. The fourth-order valence-corrected chi connectivity index (χ4v) is 7.40. The second-order valence-electron chi connectivity index (χ2n) is 14.5. The van der Waals surface area contributed by atoms with E-state index in [1.54, 1.807) is 0 Å². The maximum atomic E-state index is 13.9. The molecule has 0 amide bonds. The number of benzene rings is 3. The van der Waals surface area contributed by atoms with Crippen molar-refractivity contribution in [2.24, 2.45) is 7.05 Å². The monoisotopic (exact) mass is 788 g/mol. The molecule has 286 valence electrons. The first-order valence-corrected chi connectivity index (χ1v) is 19.8. The number of hydrogen-bond acceptors (Lipinski definition) is 7. The first kappa shape index (κ1) is 41.6. The van der Waals surface area contributed by atoms with Crippen LogP contribution in [0.5, 0.6) is 5.75 Å². The minimum Gasteiger partial charge on any atom is -0.493 e. The molecule has 10 heteroatoms. The smallest absolute Gasteiger partial charge is 0.355 e. The van der Waals surface area contributed by atoms with Crippen LogP contribution in [0.3, 0.4) is 0 Å². The Hall–Kier alpha value is -4.15. The van der Waals surface area contributed by atoms with Crippen molar-refractivity contribution in [3.63, 3.8) is 0 Å². The summed E-state index contributed by atoms with van der Waals surface area (Å²) in [7, 11) is 6.20. The van der Waals surface area contributed by atoms with Crippen LogP contribution >= 0.6 is 15.9 Å². The topological polar surface area (TPSA) is 87.8 Å². The van der Waals surface area contributed by atoms with Gasteiger partial charge in [0.15, 0.2) is 0 Å². The van der Waals surface area contributed by atoms with Crippen LogP contribution in [0.2, 0.25) is 0 Å². The molecule has 2 heterocycles. The molecule has 9 nitrogen and oxygen atoms in total. The van der Waals surface area contributed by atoms with Crippen molar-refractivity contribution >= 4 is 50.0 Å². The minimum atomic E-state index is -0.318. The summed E-state index contributed by atoms with van der Waals surface area (Å²) in [6, 6.07) is 18.9. The highest BCUT2D eigenvalue weighted by atomic mass is 79.9. The van der Waals surface area contributed by atoms with Crippen molar-refractivity contribution in [2.45, 2.75) is 91.1 Å². The molecule has 0 spiro atoms. The highest BCUT2D eigenvalue weighted by molar-refractivity contribution is 9.08. The summed E-state index contributed by atoms with van der Waals surface area (Å²) < 4.78 is 20.9. The molecule has 2 aromatic heterocycles. The van der Waals surface area contributed by atoms with E-state index in [-0.39, 0.29) is 11.6 Å². The average Bonchev–Trinajstić information content (AvgIpc) is 3.59. The third-order valence-corrected chi connectivity index (χ3v) is 9.61. The largest absolute Gasteiger partial charge is 0.493 e. The molecule has 0 N–H and O–H groups in total. The summed E-state index contributed by atoms with van der Waals surface area (Å²) in [6.45, 7) is 14.7. The maximum absolute atomic E-state index is 13.9. The van der Waals surface area contributed by atoms with Gasteiger partial charge in [0, 0.05) is 40.8 Å². The number of aryl methyl sites for hydroxylation is 5. The van der Waals surface area contributed by atoms with E-state index in [0.717, 1.165) is 82.2 Å². The molecule has 0 radical (unpaired) electrons. The van der Waals surface area contributed by atoms with E-state index in [1.165, 1.54) is 11.1 Å². The van der Waals surface area contributed by atoms with Gasteiger partial charge >= 0.3 is 5.97 Å². The Kier molecular flexibility index (Phi) is 15.1. The third kappa shape index (κ3) is 10.3. The van der Waals surface area contributed by atoms with Crippen LogP contribution in [-0.2, 0) is 46.0 Å². The number of carbonyl (C=O) groups is 2. The molecule has 5 aromatic rings. The van der Waals surface area contributed by atoms with Gasteiger partial charge < -0.3 is 23.7 Å². The fraction of sp³-hybridized carbons (Fsp3) is 0.465. The van der Waals surface area contributed by atoms with Crippen molar-refractivity contribution in [3.8, 4) is 16.9 Å². The molecule has 0 fully saturated rings. The van der Waals surface area contributed by atoms with Gasteiger partial charge in [-0.3, -0.25) is 9.48 Å². The van der Waals surface area contributed by atoms with Crippen LogP contribution in [0, 0.1) is 6.92 Å². The van der Waals surface area contributed by atoms with Crippen molar-refractivity contribution < 1.29 is 23.8 Å². The summed E-state index contributed by atoms with van der Waals surface area (Å²) in [6.07, 6.45) is 4.24. The Morgan fingerprint density at radius 1 is 0.962 bits per heavy atom. The van der Waals surface area contributed by atoms with Gasteiger partial charge in [0.2, 0.25) is 0 Å². The number of halogens is 1. The van der Waals surface area contributed by atoms with Gasteiger partial charge in [0.1, 0.15) is 17.0 Å². The highest BCUT2D eigenvalue weighted by Gasteiger charge is 2.29. The number of esters is 1. The first-order valence-electron chi connectivity index (χ1n) is 18.7. The van der Waals surface area contributed by atoms with Crippen molar-refractivity contribution in [1.29, 1.82) is 0 Å². The minimum absolute atomic E-state index is 0.266. The molecule has 0 bridgehead atoms. The van der Waals surface area contributed by atoms with Gasteiger partial charge in [0.05, 0.1) is 30.1 Å². The quantitative estimate of drug-likeness (QED) is 0.0426. The van der Waals surface area contributed by atoms with Crippen LogP contribution in [0.15, 0.2) is 54.6 Å². The molecular formula is C43H57BrN4O5. The Balaban J connectivity index is 0.000000815. The Bertz CT molecular complexity index is 1980. The van der Waals surface area contributed by atoms with E-state index in [9.17, 15) is 9.59 Å². The second kappa shape index (κ2) is 19.3. The number of rotatable bonds is 16. The zero-order valence-corrected chi connectivity index (χ0v) is 34.6. The molecule has 3 aromatic carbocycles. The van der Waals surface area contributed by atoms with Crippen LogP contribution in [0.25, 0.3) is 32.8 Å². The summed E-state index contributed by atoms with van der Waals surface area (Å²) >= 11 is 3.76. The van der Waals surface area contributed by atoms with Crippen molar-refractivity contribution in [3.05, 3.63) is 82.8 Å². The van der Waals surface area contributed by atoms with Gasteiger partial charge in [-0.25, -0.2) is 4.79 Å². The Morgan fingerprint density at radius 3 is 2.34 bits per heavy atom. The van der Waals surface area contributed by atoms with Crippen LogP contribution in [-0.4, -0.2) is 71.1 Å². The summed E-state index contributed by atoms with van der Waals surface area (Å²) in [5.41, 5.74) is 8.22. The van der Waals surface area contributed by atoms with E-state index in [0.29, 0.717) is 43.7 Å². The molecule has 5 rings (SSSR count). The van der Waals surface area contributed by atoms with Gasteiger partial charge in [0.25, 0.3) is 6.47 Å². The molecule has 0 saturated heterocycles. The number of alkyl halides is 1. The second-order valence-corrected chi connectivity index (χ2v) is 15.1. The van der Waals surface area contributed by atoms with Gasteiger partial charge in [-0.2, -0.15) is 5.10 Å². The van der Waals surface area contributed by atoms with E-state index in [1.807, 2.05) is 63.7 Å². The Labute approximate surface area is 323 Å². The number of hydrogen-bond donors (Lipinski definition) is 0. The predicted octanol–water partition coefficient (Wildman–Crippen LogP) is 9.45. The molecule has 0 aliphatic carbocycles. The van der Waals surface area contributed by atoms with E-state index < -0.39 is 0 Å². The highest BCUT2D eigenvalue weighted by Crippen LogP contribution is 2.41. The van der Waals surface area contributed by atoms with E-state index in [4.69, 9.17) is 14.6 Å². The lowest BCUT2D eigenvalue weighted by Gasteiger charge is -2.17. The van der Waals surface area contributed by atoms with Crippen LogP contribution < -0.4 is 4.74 Å². The predicted molar refractivity (Wildman–Crippen MR) is 219 cm³/mol. The SMILES string of the molecule is CC(C)(C)OC=O.CCCc1nn(C)c(CBr)c1-c1c(C)ccc2c(CCCOc3cccc4ccccc34)c(C(=O)OCC)n(CCCN(C)C)c12. The van der Waals surface area contributed by atoms with Crippen molar-refractivity contribution in [2.75, 3.05) is 33.9 Å². The number of nitrogens with zero attached hydrogens (tertiary/aromatic N) is 4. The molecular weight excluding hydrogens is 732 g/mol. The lowest BCUT2D eigenvalue weighted by atomic mass is 9.93. The van der Waals surface area contributed by atoms with Crippen LogP contribution in [0.4, 0.5) is 0 Å². The number of ether oxygens (including phenoxy) is 3. The number of carbonyl (C=O) groups excluding carboxylic acids is 2. The van der Waals surface area contributed by atoms with Gasteiger partial charge in [-0.15, -0.1) is 0 Å². The standard InChI is InChI=1S/C38H47BrN4O3.C5H10O2/c1-7-14-31-35(32(25-39)42(6)40-31)34-26(3)20-21-30-29(18-12-24-46-33-19-11-16-27-15-9-10-17-28(27)33)37(38(44)45-8-2)43(36(30)34)23-13-22-41(4)5;1-5(2,3)7-4-6/h9-11,15-17,19-21H,7-8,12-14,18,22-25H2,1-6H3;4H,1-3H3. The van der Waals surface area contributed by atoms with Crippen molar-refractivity contribution in [1.82, 2.24) is 19.2 Å². The third-order valence-electron chi connectivity index (χ3n) is 9.07. The molecule has 0 atom stereocenters. The molecule has 0 saturated carbocycles. The lowest BCUT2D eigenvalue weighted by Crippen LogP contribution is -2.19. The summed E-state index contributed by atoms with van der Waals surface area (Å²) in [5, 5.41) is 9.04. The molecule has 0 aliphatic heterocycles. The molecule has 53 heavy (non-hydrogen) atoms. The average molecular weight is 790 g/mol. The van der Waals surface area contributed by atoms with Gasteiger partial charge in [-0.1, -0.05) is 77.8 Å². The normalized spacial score (nSPS) is 11.5. The van der Waals surface area contributed by atoms with E-state index >= 15 is 0 Å². The molecule has 0 unspecified atom stereocenters. The lowest BCUT2D eigenvalue weighted by molar-refractivity contribution is -0.138. The Morgan fingerprint density at radius 2 is 1.70 bits per heavy atom. The van der Waals surface area contributed by atoms with Crippen LogP contribution in [0.1, 0.15) is 86.9 Å². The summed E-state index contributed by atoms with van der Waals surface area (Å²) in [4.78, 5) is 25.7. The van der Waals surface area contributed by atoms with E-state index in [2.05, 4.69) is 88.4 Å².